The van der Waals surface area contributed by atoms with Gasteiger partial charge >= 0.3 is 0 Å². The molecule has 0 aliphatic rings. The first kappa shape index (κ1) is 93.5. The summed E-state index contributed by atoms with van der Waals surface area (Å²) in [6, 6.07) is 0. The number of hydrogen-bond donors (Lipinski definition) is 12. The summed E-state index contributed by atoms with van der Waals surface area (Å²) in [4.78, 5) is 57.4. The van der Waals surface area contributed by atoms with Gasteiger partial charge in [0.05, 0.1) is 24.4 Å². The highest BCUT2D eigenvalue weighted by Gasteiger charge is 2.17. The van der Waals surface area contributed by atoms with Gasteiger partial charge in [0, 0.05) is 143 Å². The molecule has 18 heteroatoms. The number of amides is 4. The van der Waals surface area contributed by atoms with E-state index in [4.69, 9.17) is 0 Å². The Bertz CT molecular complexity index is 1430. The van der Waals surface area contributed by atoms with Crippen molar-refractivity contribution in [3.8, 4) is 0 Å². The van der Waals surface area contributed by atoms with E-state index in [0.29, 0.717) is 118 Å². The van der Waals surface area contributed by atoms with Gasteiger partial charge in [-0.15, -0.1) is 0 Å². The van der Waals surface area contributed by atoms with Gasteiger partial charge in [-0.25, -0.2) is 0 Å². The molecule has 0 aromatic rings. The second-order valence-electron chi connectivity index (χ2n) is 28.4. The van der Waals surface area contributed by atoms with Crippen LogP contribution in [0.1, 0.15) is 336 Å². The van der Waals surface area contributed by atoms with Crippen LogP contribution in [-0.2, 0) is 19.2 Å². The molecule has 0 aliphatic heterocycles. The highest BCUT2D eigenvalue weighted by Crippen LogP contribution is 2.16. The lowest BCUT2D eigenvalue weighted by atomic mass is 10.0. The molecule has 96 heavy (non-hydrogen) atoms. The molecule has 0 radical (unpaired) electrons. The Labute approximate surface area is 591 Å². The van der Waals surface area contributed by atoms with Crippen LogP contribution in [0.2, 0.25) is 0 Å². The third-order valence-electron chi connectivity index (χ3n) is 18.9. The van der Waals surface area contributed by atoms with Crippen molar-refractivity contribution in [2.45, 2.75) is 360 Å². The number of rotatable bonds is 79. The lowest BCUT2D eigenvalue weighted by Crippen LogP contribution is -2.42. The van der Waals surface area contributed by atoms with Gasteiger partial charge in [-0.3, -0.25) is 19.2 Å². The molecule has 4 atom stereocenters. The molecule has 0 aromatic carbocycles. The Morgan fingerprint density at radius 2 is 0.406 bits per heavy atom. The van der Waals surface area contributed by atoms with Crippen LogP contribution in [-0.4, -0.2) is 196 Å². The topological polar surface area (TPSA) is 252 Å². The fraction of sp³-hybridized carbons (Fsp3) is 0.949. The van der Waals surface area contributed by atoms with Gasteiger partial charge in [0.25, 0.3) is 0 Å². The number of aliphatic hydroxyl groups is 4. The van der Waals surface area contributed by atoms with Crippen molar-refractivity contribution in [3.05, 3.63) is 0 Å². The molecule has 0 spiro atoms. The smallest absolute Gasteiger partial charge is 0.221 e. The number of aliphatic hydroxyl groups excluding tert-OH is 4. The first-order valence-electron chi connectivity index (χ1n) is 41.0. The van der Waals surface area contributed by atoms with Crippen LogP contribution in [0.25, 0.3) is 0 Å². The lowest BCUT2D eigenvalue weighted by Gasteiger charge is -2.27. The maximum absolute atomic E-state index is 13.3. The average molecular weight is 1370 g/mol. The summed E-state index contributed by atoms with van der Waals surface area (Å²) in [6.45, 7) is 17.6. The Kier molecular flexibility index (Phi) is 73.2. The monoisotopic (exact) mass is 1370 g/mol. The molecule has 0 aromatic heterocycles. The van der Waals surface area contributed by atoms with Crippen molar-refractivity contribution in [1.29, 1.82) is 0 Å². The van der Waals surface area contributed by atoms with Crippen LogP contribution in [0, 0.1) is 0 Å². The highest BCUT2D eigenvalue weighted by atomic mass is 16.3. The summed E-state index contributed by atoms with van der Waals surface area (Å²) in [6.07, 6.45) is 52.8. The predicted molar refractivity (Wildman–Crippen MR) is 405 cm³/mol. The van der Waals surface area contributed by atoms with Gasteiger partial charge in [-0.2, -0.15) is 0 Å². The lowest BCUT2D eigenvalue weighted by molar-refractivity contribution is -0.123. The van der Waals surface area contributed by atoms with Gasteiger partial charge < -0.3 is 72.8 Å². The van der Waals surface area contributed by atoms with Gasteiger partial charge in [0.1, 0.15) is 0 Å². The largest absolute Gasteiger partial charge is 0.392 e. The molecule has 0 saturated heterocycles. The molecule has 0 bridgehead atoms. The predicted octanol–water partition coefficient (Wildman–Crippen LogP) is 12.7. The number of hydrogen-bond acceptors (Lipinski definition) is 14. The van der Waals surface area contributed by atoms with Gasteiger partial charge in [0.2, 0.25) is 23.6 Å². The quantitative estimate of drug-likeness (QED) is 0.0253. The molecule has 18 nitrogen and oxygen atoms in total. The average Bonchev–Trinajstić information content (AvgIpc) is 3.79. The van der Waals surface area contributed by atoms with Crippen molar-refractivity contribution >= 4 is 23.6 Å². The van der Waals surface area contributed by atoms with E-state index < -0.39 is 24.4 Å². The van der Waals surface area contributed by atoms with E-state index in [1.54, 1.807) is 0 Å². The Morgan fingerprint density at radius 1 is 0.240 bits per heavy atom. The highest BCUT2D eigenvalue weighted by molar-refractivity contribution is 5.77. The van der Waals surface area contributed by atoms with Crippen LogP contribution in [0.15, 0.2) is 0 Å². The SMILES string of the molecule is CCCCCCCCCCCCC(O)CNCCNC(=O)CCN(CCC(=O)NCCNCC(O)CCCCCCCCCCCC)CCN(CCC(=O)NCCNCC(O)CCCCCCCCCCCC)CCC(=O)NCCNCC(O)CCCCCCCCCCCC. The van der Waals surface area contributed by atoms with Crippen molar-refractivity contribution < 1.29 is 39.6 Å². The molecule has 0 aliphatic carbocycles. The molecule has 570 valence electrons. The van der Waals surface area contributed by atoms with Crippen molar-refractivity contribution in [2.75, 3.05) is 118 Å². The van der Waals surface area contributed by atoms with E-state index in [1.807, 2.05) is 0 Å². The maximum Gasteiger partial charge on any atom is 0.221 e. The van der Waals surface area contributed by atoms with E-state index in [2.05, 4.69) is 80.0 Å². The number of unbranched alkanes of at least 4 members (excludes halogenated alkanes) is 36. The van der Waals surface area contributed by atoms with Crippen molar-refractivity contribution in [3.63, 3.8) is 0 Å². The first-order valence-corrected chi connectivity index (χ1v) is 41.0. The Morgan fingerprint density at radius 3 is 0.583 bits per heavy atom. The molecule has 0 rings (SSSR count). The number of carbonyl (C=O) groups is 4. The third kappa shape index (κ3) is 71.3. The summed E-state index contributed by atoms with van der Waals surface area (Å²) >= 11 is 0. The van der Waals surface area contributed by atoms with Crippen LogP contribution in [0.5, 0.6) is 0 Å². The maximum atomic E-state index is 13.3. The second-order valence-corrected chi connectivity index (χ2v) is 28.4. The minimum absolute atomic E-state index is 0.0973. The van der Waals surface area contributed by atoms with Crippen molar-refractivity contribution in [2.24, 2.45) is 0 Å². The van der Waals surface area contributed by atoms with Gasteiger partial charge in [-0.05, 0) is 25.7 Å². The molecule has 12 N–H and O–H groups in total. The van der Waals surface area contributed by atoms with E-state index in [1.165, 1.54) is 205 Å². The van der Waals surface area contributed by atoms with Crippen LogP contribution in [0.4, 0.5) is 0 Å². The van der Waals surface area contributed by atoms with Crippen LogP contribution in [0.3, 0.4) is 0 Å². The fourth-order valence-electron chi connectivity index (χ4n) is 12.5. The summed E-state index contributed by atoms with van der Waals surface area (Å²) in [5.41, 5.74) is 0. The molecule has 0 saturated carbocycles. The fourth-order valence-corrected chi connectivity index (χ4v) is 12.5. The first-order chi connectivity index (χ1) is 46.9. The molecule has 4 amide bonds. The molecule has 0 heterocycles. The second kappa shape index (κ2) is 75.2. The Balaban J connectivity index is 5.47. The standard InChI is InChI=1S/C78H160N10O8/c1-5-9-13-17-21-25-29-33-37-41-45-71(89)67-79-53-57-83-75(93)49-61-87(62-50-76(94)84-58-54-80-68-72(90)46-42-38-34-30-26-22-18-14-10-6-2)65-66-88(63-51-77(95)85-59-55-81-69-73(91)47-43-39-35-31-27-23-19-15-11-7-3)64-52-78(96)86-60-56-82-70-74(92)48-44-40-36-32-28-24-20-16-12-8-4/h71-74,79-82,89-92H,5-70H2,1-4H3,(H,83,93)(H,84,94)(H,85,95)(H,86,96). The number of nitrogens with one attached hydrogen (secondary N) is 8. The summed E-state index contributed by atoms with van der Waals surface area (Å²) in [5.74, 6) is -0.389. The number of nitrogens with zero attached hydrogens (tertiary/aromatic N) is 2. The Hall–Kier alpha value is -2.52. The zero-order chi connectivity index (χ0) is 70.1. The van der Waals surface area contributed by atoms with Crippen LogP contribution < -0.4 is 42.5 Å². The third-order valence-corrected chi connectivity index (χ3v) is 18.9. The van der Waals surface area contributed by atoms with Crippen molar-refractivity contribution in [1.82, 2.24) is 52.3 Å². The number of carbonyl (C=O) groups excluding carboxylic acids is 4. The zero-order valence-electron chi connectivity index (χ0n) is 63.3. The molecular weight excluding hydrogens is 1200 g/mol. The van der Waals surface area contributed by atoms with E-state index in [9.17, 15) is 39.6 Å². The summed E-state index contributed by atoms with van der Waals surface area (Å²) < 4.78 is 0. The minimum Gasteiger partial charge on any atom is -0.392 e. The summed E-state index contributed by atoms with van der Waals surface area (Å²) in [5, 5.41) is 67.6. The van der Waals surface area contributed by atoms with Gasteiger partial charge in [0.15, 0.2) is 0 Å². The normalized spacial score (nSPS) is 13.0. The van der Waals surface area contributed by atoms with Crippen LogP contribution >= 0.6 is 0 Å². The zero-order valence-corrected chi connectivity index (χ0v) is 63.3. The molecule has 4 unspecified atom stereocenters. The summed E-state index contributed by atoms with van der Waals surface area (Å²) in [7, 11) is 0. The van der Waals surface area contributed by atoms with E-state index in [0.717, 1.165) is 77.0 Å². The minimum atomic E-state index is -0.411. The molecular formula is C78H160N10O8. The van der Waals surface area contributed by atoms with Gasteiger partial charge in [-0.1, -0.05) is 285 Å². The van der Waals surface area contributed by atoms with E-state index in [-0.39, 0.29) is 49.3 Å². The van der Waals surface area contributed by atoms with E-state index >= 15 is 0 Å². The molecule has 0 fully saturated rings.